The van der Waals surface area contributed by atoms with Gasteiger partial charge in [-0.15, -0.1) is 0 Å². The zero-order valence-corrected chi connectivity index (χ0v) is 15.4. The molecule has 0 amide bonds. The fourth-order valence-electron chi connectivity index (χ4n) is 6.03. The van der Waals surface area contributed by atoms with Gasteiger partial charge in [-0.25, -0.2) is 0 Å². The van der Waals surface area contributed by atoms with Crippen LogP contribution in [0.1, 0.15) is 73.6 Å². The van der Waals surface area contributed by atoms with Gasteiger partial charge in [-0.2, -0.15) is 0 Å². The minimum Gasteiger partial charge on any atom is -0.459 e. The van der Waals surface area contributed by atoms with Crippen LogP contribution < -0.4 is 0 Å². The summed E-state index contributed by atoms with van der Waals surface area (Å²) in [6.45, 7) is 11.5. The van der Waals surface area contributed by atoms with Crippen LogP contribution in [0.15, 0.2) is 0 Å². The average molecular weight is 324 g/mol. The molecule has 2 fully saturated rings. The second kappa shape index (κ2) is 5.87. The van der Waals surface area contributed by atoms with E-state index in [1.807, 2.05) is 6.92 Å². The number of esters is 1. The summed E-state index contributed by atoms with van der Waals surface area (Å²) >= 11 is 0. The zero-order valence-electron chi connectivity index (χ0n) is 15.4. The quantitative estimate of drug-likeness (QED) is 0.807. The van der Waals surface area contributed by atoms with Gasteiger partial charge in [-0.1, -0.05) is 27.2 Å². The predicted octanol–water partition coefficient (Wildman–Crippen LogP) is 3.50. The molecule has 2 saturated carbocycles. The number of ether oxygens (including phenoxy) is 1. The van der Waals surface area contributed by atoms with Gasteiger partial charge in [0.05, 0.1) is 6.10 Å². The van der Waals surface area contributed by atoms with E-state index in [0.717, 1.165) is 19.3 Å². The monoisotopic (exact) mass is 324 g/mol. The highest BCUT2D eigenvalue weighted by atomic mass is 16.6. The Morgan fingerprint density at radius 1 is 1.13 bits per heavy atom. The number of hydrogen-bond acceptors (Lipinski definition) is 4. The number of rotatable bonds is 3. The average Bonchev–Trinajstić information content (AvgIpc) is 2.31. The molecule has 23 heavy (non-hydrogen) atoms. The number of carbonyl (C=O) groups excluding carboxylic acids is 2. The van der Waals surface area contributed by atoms with Gasteiger partial charge in [-0.3, -0.25) is 4.79 Å². The van der Waals surface area contributed by atoms with Crippen LogP contribution in [0.4, 0.5) is 0 Å². The number of aliphatic hydroxyl groups is 1. The fraction of sp³-hybridized carbons (Fsp3) is 0.895. The van der Waals surface area contributed by atoms with Crippen molar-refractivity contribution in [3.63, 3.8) is 0 Å². The zero-order chi connectivity index (χ0) is 17.6. The summed E-state index contributed by atoms with van der Waals surface area (Å²) in [7, 11) is 0. The van der Waals surface area contributed by atoms with E-state index < -0.39 is 11.7 Å². The van der Waals surface area contributed by atoms with Crippen molar-refractivity contribution >= 4 is 11.8 Å². The van der Waals surface area contributed by atoms with Crippen LogP contribution in [0.25, 0.3) is 0 Å². The Kier molecular flexibility index (Phi) is 4.71. The predicted molar refractivity (Wildman–Crippen MR) is 88.8 cm³/mol. The van der Waals surface area contributed by atoms with E-state index in [0.29, 0.717) is 12.8 Å². The molecule has 0 aliphatic heterocycles. The van der Waals surface area contributed by atoms with Crippen LogP contribution in [-0.2, 0) is 14.3 Å². The SMILES string of the molecule is CC(=O)C[C@H]1[C@](C)(OC(C)=O)CC(O)C2C(C)(C)CCC[C@@]21C. The lowest BCUT2D eigenvalue weighted by Gasteiger charge is -2.63. The third-order valence-electron chi connectivity index (χ3n) is 6.49. The Balaban J connectivity index is 2.51. The summed E-state index contributed by atoms with van der Waals surface area (Å²) < 4.78 is 5.69. The van der Waals surface area contributed by atoms with Crippen molar-refractivity contribution in [1.82, 2.24) is 0 Å². The largest absolute Gasteiger partial charge is 0.459 e. The molecule has 0 aromatic rings. The standard InChI is InChI=1S/C19H32O4/c1-12(20)10-15-18(5)9-7-8-17(3,4)16(18)14(22)11-19(15,6)23-13(2)21/h14-16,22H,7-11H2,1-6H3/t14?,15-,16?,18-,19-/m1/s1. The van der Waals surface area contributed by atoms with E-state index in [2.05, 4.69) is 20.8 Å². The Hall–Kier alpha value is -0.900. The van der Waals surface area contributed by atoms with Gasteiger partial charge >= 0.3 is 5.97 Å². The van der Waals surface area contributed by atoms with Crippen molar-refractivity contribution in [2.75, 3.05) is 0 Å². The van der Waals surface area contributed by atoms with Crippen LogP contribution in [0, 0.1) is 22.7 Å². The Morgan fingerprint density at radius 3 is 2.26 bits per heavy atom. The van der Waals surface area contributed by atoms with Gasteiger partial charge in [0.2, 0.25) is 0 Å². The van der Waals surface area contributed by atoms with Crippen molar-refractivity contribution in [1.29, 1.82) is 0 Å². The van der Waals surface area contributed by atoms with Gasteiger partial charge < -0.3 is 14.6 Å². The molecule has 0 bridgehead atoms. The van der Waals surface area contributed by atoms with Crippen molar-refractivity contribution < 1.29 is 19.4 Å². The minimum absolute atomic E-state index is 0.0268. The fourth-order valence-corrected chi connectivity index (χ4v) is 6.03. The molecule has 5 atom stereocenters. The van der Waals surface area contributed by atoms with Gasteiger partial charge in [0, 0.05) is 25.7 Å². The number of ketones is 1. The highest BCUT2D eigenvalue weighted by Gasteiger charge is 2.63. The van der Waals surface area contributed by atoms with E-state index >= 15 is 0 Å². The summed E-state index contributed by atoms with van der Waals surface area (Å²) in [6, 6.07) is 0. The Labute approximate surface area is 140 Å². The summed E-state index contributed by atoms with van der Waals surface area (Å²) in [4.78, 5) is 23.6. The van der Waals surface area contributed by atoms with Crippen LogP contribution in [0.3, 0.4) is 0 Å². The van der Waals surface area contributed by atoms with Gasteiger partial charge in [0.25, 0.3) is 0 Å². The van der Waals surface area contributed by atoms with Crippen LogP contribution in [0.2, 0.25) is 0 Å². The lowest BCUT2D eigenvalue weighted by Crippen LogP contribution is -2.64. The van der Waals surface area contributed by atoms with E-state index in [1.54, 1.807) is 6.92 Å². The smallest absolute Gasteiger partial charge is 0.303 e. The first-order chi connectivity index (χ1) is 10.4. The second-order valence-corrected chi connectivity index (χ2v) is 8.96. The van der Waals surface area contributed by atoms with Crippen LogP contribution in [-0.4, -0.2) is 28.6 Å². The third kappa shape index (κ3) is 3.19. The summed E-state index contributed by atoms with van der Waals surface area (Å²) in [5.41, 5.74) is -0.954. The lowest BCUT2D eigenvalue weighted by molar-refractivity contribution is -0.227. The number of aliphatic hydroxyl groups excluding tert-OH is 1. The summed E-state index contributed by atoms with van der Waals surface area (Å²) in [6.07, 6.45) is 3.43. The summed E-state index contributed by atoms with van der Waals surface area (Å²) in [5.74, 6) is -0.153. The van der Waals surface area contributed by atoms with Crippen molar-refractivity contribution in [3.05, 3.63) is 0 Å². The van der Waals surface area contributed by atoms with E-state index in [1.165, 1.54) is 6.92 Å². The second-order valence-electron chi connectivity index (χ2n) is 8.96. The first-order valence-corrected chi connectivity index (χ1v) is 8.79. The normalized spacial score (nSPS) is 42.7. The van der Waals surface area contributed by atoms with Crippen molar-refractivity contribution in [2.45, 2.75) is 85.4 Å². The summed E-state index contributed by atoms with van der Waals surface area (Å²) in [5, 5.41) is 10.9. The van der Waals surface area contributed by atoms with Crippen LogP contribution >= 0.6 is 0 Å². The number of hydrogen-bond donors (Lipinski definition) is 1. The maximum Gasteiger partial charge on any atom is 0.303 e. The Bertz CT molecular complexity index is 498. The van der Waals surface area contributed by atoms with E-state index in [-0.39, 0.29) is 34.4 Å². The molecule has 1 N–H and O–H groups in total. The first-order valence-electron chi connectivity index (χ1n) is 8.79. The maximum absolute atomic E-state index is 11.9. The van der Waals surface area contributed by atoms with E-state index in [4.69, 9.17) is 4.74 Å². The highest BCUT2D eigenvalue weighted by molar-refractivity contribution is 5.76. The molecule has 4 heteroatoms. The third-order valence-corrected chi connectivity index (χ3v) is 6.49. The van der Waals surface area contributed by atoms with Crippen molar-refractivity contribution in [3.8, 4) is 0 Å². The highest BCUT2D eigenvalue weighted by Crippen LogP contribution is 2.63. The molecule has 2 aliphatic carbocycles. The lowest BCUT2D eigenvalue weighted by atomic mass is 9.44. The number of Topliss-reactive ketones (excluding diaryl/α,β-unsaturated/α-hetero) is 1. The molecule has 132 valence electrons. The molecule has 2 rings (SSSR count). The molecular formula is C19H32O4. The molecule has 0 spiro atoms. The number of carbonyl (C=O) groups is 2. The topological polar surface area (TPSA) is 63.6 Å². The molecule has 0 saturated heterocycles. The van der Waals surface area contributed by atoms with Crippen LogP contribution in [0.5, 0.6) is 0 Å². The van der Waals surface area contributed by atoms with Gasteiger partial charge in [0.15, 0.2) is 0 Å². The van der Waals surface area contributed by atoms with E-state index in [9.17, 15) is 14.7 Å². The van der Waals surface area contributed by atoms with Gasteiger partial charge in [-0.05, 0) is 43.4 Å². The molecule has 2 aliphatic rings. The first kappa shape index (κ1) is 18.4. The Morgan fingerprint density at radius 2 is 1.74 bits per heavy atom. The molecule has 0 aromatic heterocycles. The van der Waals surface area contributed by atoms with Gasteiger partial charge in [0.1, 0.15) is 11.4 Å². The molecular weight excluding hydrogens is 292 g/mol. The number of fused-ring (bicyclic) bond motifs is 1. The van der Waals surface area contributed by atoms with Crippen molar-refractivity contribution in [2.24, 2.45) is 22.7 Å². The molecule has 2 unspecified atom stereocenters. The molecule has 0 radical (unpaired) electrons. The minimum atomic E-state index is -0.782. The molecule has 0 heterocycles. The maximum atomic E-state index is 11.9. The molecule has 4 nitrogen and oxygen atoms in total. The molecule has 0 aromatic carbocycles.